The highest BCUT2D eigenvalue weighted by Crippen LogP contribution is 2.38. The van der Waals surface area contributed by atoms with Crippen LogP contribution >= 0.6 is 15.9 Å². The maximum atomic E-state index is 12.9. The summed E-state index contributed by atoms with van der Waals surface area (Å²) in [5.41, 5.74) is 0.473. The second-order valence-electron chi connectivity index (χ2n) is 5.06. The van der Waals surface area contributed by atoms with Gasteiger partial charge in [0.25, 0.3) is 0 Å². The van der Waals surface area contributed by atoms with Gasteiger partial charge in [-0.1, -0.05) is 25.6 Å². The fraction of sp³-hybridized carbons (Fsp3) is 0.333. The van der Waals surface area contributed by atoms with E-state index in [1.807, 2.05) is 6.92 Å². The monoisotopic (exact) mass is 404 g/mol. The molecule has 0 aliphatic rings. The average molecular weight is 405 g/mol. The molecule has 0 fully saturated rings. The molecule has 1 unspecified atom stereocenters. The third-order valence-corrected chi connectivity index (χ3v) is 4.34. The van der Waals surface area contributed by atoms with Crippen molar-refractivity contribution in [2.45, 2.75) is 33.6 Å². The van der Waals surface area contributed by atoms with Crippen molar-refractivity contribution in [2.75, 3.05) is 6.61 Å². The maximum absolute atomic E-state index is 12.9. The van der Waals surface area contributed by atoms with Gasteiger partial charge in [0.15, 0.2) is 0 Å². The Bertz CT molecular complexity index is 699. The summed E-state index contributed by atoms with van der Waals surface area (Å²) >= 11 is 3.36. The predicted octanol–water partition coefficient (Wildman–Crippen LogP) is 5.89. The first kappa shape index (κ1) is 20.5. The van der Waals surface area contributed by atoms with Crippen molar-refractivity contribution in [3.05, 3.63) is 63.1 Å². The standard InChI is InChI=1S/C17H16BrF3O2.CH4/c1-3-23-14-6-4-5-12(15(14)18)16(22)13-9-11(17(19,20)21)8-7-10(13)2;/h4-9,16,22H,3H2,1-2H3;1H4. The van der Waals surface area contributed by atoms with Crippen LogP contribution in [-0.2, 0) is 6.18 Å². The summed E-state index contributed by atoms with van der Waals surface area (Å²) in [6.45, 7) is 3.94. The summed E-state index contributed by atoms with van der Waals surface area (Å²) in [6, 6.07) is 8.43. The second kappa shape index (κ2) is 8.03. The SMILES string of the molecule is C.CCOc1cccc(C(O)c2cc(C(F)(F)F)ccc2C)c1Br. The van der Waals surface area contributed by atoms with E-state index in [0.29, 0.717) is 28.0 Å². The van der Waals surface area contributed by atoms with Crippen LogP contribution < -0.4 is 4.74 Å². The van der Waals surface area contributed by atoms with Crippen LogP contribution in [0.3, 0.4) is 0 Å². The molecule has 0 aliphatic carbocycles. The van der Waals surface area contributed by atoms with Crippen molar-refractivity contribution in [2.24, 2.45) is 0 Å². The summed E-state index contributed by atoms with van der Waals surface area (Å²) < 4.78 is 44.7. The minimum Gasteiger partial charge on any atom is -0.493 e. The van der Waals surface area contributed by atoms with Gasteiger partial charge in [0, 0.05) is 5.56 Å². The van der Waals surface area contributed by atoms with Gasteiger partial charge in [-0.15, -0.1) is 0 Å². The Morgan fingerprint density at radius 2 is 1.83 bits per heavy atom. The molecule has 2 rings (SSSR count). The van der Waals surface area contributed by atoms with Gasteiger partial charge in [-0.3, -0.25) is 0 Å². The topological polar surface area (TPSA) is 29.5 Å². The molecule has 2 aromatic carbocycles. The number of hydrogen-bond donors (Lipinski definition) is 1. The van der Waals surface area contributed by atoms with E-state index in [0.717, 1.165) is 12.1 Å². The van der Waals surface area contributed by atoms with Gasteiger partial charge in [-0.2, -0.15) is 13.2 Å². The quantitative estimate of drug-likeness (QED) is 0.687. The summed E-state index contributed by atoms with van der Waals surface area (Å²) in [5.74, 6) is 0.536. The number of aliphatic hydroxyl groups is 1. The van der Waals surface area contributed by atoms with Crippen molar-refractivity contribution in [1.82, 2.24) is 0 Å². The Labute approximate surface area is 148 Å². The van der Waals surface area contributed by atoms with Crippen LogP contribution in [0.5, 0.6) is 5.75 Å². The molecule has 0 bridgehead atoms. The molecule has 0 aliphatic heterocycles. The molecule has 1 atom stereocenters. The largest absolute Gasteiger partial charge is 0.493 e. The summed E-state index contributed by atoms with van der Waals surface area (Å²) in [5, 5.41) is 10.6. The van der Waals surface area contributed by atoms with Crippen LogP contribution in [0, 0.1) is 6.92 Å². The smallest absolute Gasteiger partial charge is 0.416 e. The lowest BCUT2D eigenvalue weighted by Gasteiger charge is -2.19. The fourth-order valence-electron chi connectivity index (χ4n) is 2.28. The molecule has 6 heteroatoms. The van der Waals surface area contributed by atoms with Crippen LogP contribution in [0.1, 0.15) is 42.7 Å². The van der Waals surface area contributed by atoms with Gasteiger partial charge in [0.1, 0.15) is 11.9 Å². The molecule has 0 aromatic heterocycles. The molecule has 24 heavy (non-hydrogen) atoms. The maximum Gasteiger partial charge on any atom is 0.416 e. The lowest BCUT2D eigenvalue weighted by atomic mass is 9.95. The molecule has 0 saturated carbocycles. The molecular formula is C18H20BrF3O2. The first-order chi connectivity index (χ1) is 10.8. The predicted molar refractivity (Wildman–Crippen MR) is 92.3 cm³/mol. The highest BCUT2D eigenvalue weighted by atomic mass is 79.9. The molecular weight excluding hydrogens is 385 g/mol. The average Bonchev–Trinajstić information content (AvgIpc) is 2.48. The zero-order valence-corrected chi connectivity index (χ0v) is 14.2. The van der Waals surface area contributed by atoms with Crippen molar-refractivity contribution < 1.29 is 23.0 Å². The Hall–Kier alpha value is -1.53. The fourth-order valence-corrected chi connectivity index (χ4v) is 2.88. The minimum absolute atomic E-state index is 0. The van der Waals surface area contributed by atoms with Crippen LogP contribution in [0.15, 0.2) is 40.9 Å². The Balaban J connectivity index is 0.00000288. The van der Waals surface area contributed by atoms with Crippen LogP contribution in [0.2, 0.25) is 0 Å². The van der Waals surface area contributed by atoms with Crippen molar-refractivity contribution in [3.63, 3.8) is 0 Å². The minimum atomic E-state index is -4.45. The van der Waals surface area contributed by atoms with Crippen molar-refractivity contribution in [1.29, 1.82) is 0 Å². The van der Waals surface area contributed by atoms with Gasteiger partial charge >= 0.3 is 6.18 Å². The molecule has 132 valence electrons. The normalized spacial score (nSPS) is 12.5. The molecule has 2 nitrogen and oxygen atoms in total. The van der Waals surface area contributed by atoms with E-state index in [-0.39, 0.29) is 13.0 Å². The number of alkyl halides is 3. The molecule has 0 heterocycles. The van der Waals surface area contributed by atoms with E-state index in [9.17, 15) is 18.3 Å². The van der Waals surface area contributed by atoms with Gasteiger partial charge in [0.2, 0.25) is 0 Å². The number of ether oxygens (including phenoxy) is 1. The van der Waals surface area contributed by atoms with Gasteiger partial charge in [0.05, 0.1) is 16.6 Å². The van der Waals surface area contributed by atoms with Gasteiger partial charge in [-0.25, -0.2) is 0 Å². The highest BCUT2D eigenvalue weighted by molar-refractivity contribution is 9.10. The lowest BCUT2D eigenvalue weighted by Crippen LogP contribution is -2.09. The zero-order valence-electron chi connectivity index (χ0n) is 12.6. The number of benzene rings is 2. The van der Waals surface area contributed by atoms with Crippen molar-refractivity contribution >= 4 is 15.9 Å². The van der Waals surface area contributed by atoms with E-state index >= 15 is 0 Å². The third-order valence-electron chi connectivity index (χ3n) is 3.49. The Morgan fingerprint density at radius 3 is 2.42 bits per heavy atom. The number of rotatable bonds is 4. The lowest BCUT2D eigenvalue weighted by molar-refractivity contribution is -0.137. The molecule has 2 aromatic rings. The van der Waals surface area contributed by atoms with E-state index in [1.165, 1.54) is 6.07 Å². The Kier molecular flexibility index (Phi) is 6.86. The van der Waals surface area contributed by atoms with Gasteiger partial charge in [-0.05, 0) is 59.1 Å². The molecule has 1 N–H and O–H groups in total. The molecule has 0 saturated heterocycles. The number of halogens is 4. The molecule has 0 radical (unpaired) electrons. The number of aryl methyl sites for hydroxylation is 1. The molecule has 0 amide bonds. The van der Waals surface area contributed by atoms with Crippen molar-refractivity contribution in [3.8, 4) is 5.75 Å². The summed E-state index contributed by atoms with van der Waals surface area (Å²) in [7, 11) is 0. The highest BCUT2D eigenvalue weighted by Gasteiger charge is 2.31. The van der Waals surface area contributed by atoms with Crippen LogP contribution in [0.4, 0.5) is 13.2 Å². The third kappa shape index (κ3) is 4.30. The van der Waals surface area contributed by atoms with Crippen LogP contribution in [0.25, 0.3) is 0 Å². The van der Waals surface area contributed by atoms with E-state index in [2.05, 4.69) is 15.9 Å². The van der Waals surface area contributed by atoms with Gasteiger partial charge < -0.3 is 9.84 Å². The van der Waals surface area contributed by atoms with E-state index < -0.39 is 17.8 Å². The summed E-state index contributed by atoms with van der Waals surface area (Å²) in [4.78, 5) is 0. The zero-order chi connectivity index (χ0) is 17.2. The first-order valence-electron chi connectivity index (χ1n) is 7.02. The van der Waals surface area contributed by atoms with Crippen LogP contribution in [-0.4, -0.2) is 11.7 Å². The second-order valence-corrected chi connectivity index (χ2v) is 5.86. The first-order valence-corrected chi connectivity index (χ1v) is 7.82. The Morgan fingerprint density at radius 1 is 1.17 bits per heavy atom. The summed E-state index contributed by atoms with van der Waals surface area (Å²) in [6.07, 6.45) is -5.64. The van der Waals surface area contributed by atoms with E-state index in [4.69, 9.17) is 4.74 Å². The number of hydrogen-bond acceptors (Lipinski definition) is 2. The van der Waals surface area contributed by atoms with E-state index in [1.54, 1.807) is 25.1 Å². The molecule has 0 spiro atoms. The number of aliphatic hydroxyl groups excluding tert-OH is 1.